The van der Waals surface area contributed by atoms with Gasteiger partial charge >= 0.3 is 5.97 Å². The van der Waals surface area contributed by atoms with Crippen LogP contribution in [-0.2, 0) is 23.8 Å². The summed E-state index contributed by atoms with van der Waals surface area (Å²) in [6.45, 7) is 4.56. The van der Waals surface area contributed by atoms with E-state index >= 15 is 0 Å². The van der Waals surface area contributed by atoms with Gasteiger partial charge in [0.15, 0.2) is 6.29 Å². The van der Waals surface area contributed by atoms with Crippen LogP contribution in [0.15, 0.2) is 0 Å². The van der Waals surface area contributed by atoms with Crippen molar-refractivity contribution in [3.05, 3.63) is 0 Å². The van der Waals surface area contributed by atoms with Gasteiger partial charge in [-0.2, -0.15) is 0 Å². The van der Waals surface area contributed by atoms with Crippen LogP contribution in [0.1, 0.15) is 27.2 Å². The molecule has 0 fully saturated rings. The lowest BCUT2D eigenvalue weighted by Crippen LogP contribution is -2.24. The van der Waals surface area contributed by atoms with Gasteiger partial charge in [0.05, 0.1) is 0 Å². The molecule has 0 saturated carbocycles. The Morgan fingerprint density at radius 3 is 2.21 bits per heavy atom. The second-order valence-electron chi connectivity index (χ2n) is 2.88. The number of methoxy groups -OCH3 is 1. The van der Waals surface area contributed by atoms with Gasteiger partial charge in [0, 0.05) is 7.11 Å². The maximum absolute atomic E-state index is 11.0. The first-order chi connectivity index (χ1) is 6.45. The van der Waals surface area contributed by atoms with Crippen molar-refractivity contribution < 1.29 is 23.8 Å². The predicted molar refractivity (Wildman–Crippen MR) is 48.4 cm³/mol. The van der Waals surface area contributed by atoms with Crippen LogP contribution in [0.3, 0.4) is 0 Å². The highest BCUT2D eigenvalue weighted by Crippen LogP contribution is 2.02. The minimum absolute atomic E-state index is 0.227. The molecule has 5 heteroatoms. The molecule has 0 amide bonds. The second-order valence-corrected chi connectivity index (χ2v) is 2.88. The average molecular weight is 204 g/mol. The summed E-state index contributed by atoms with van der Waals surface area (Å²) < 4.78 is 14.6. The van der Waals surface area contributed by atoms with E-state index in [2.05, 4.69) is 0 Å². The summed E-state index contributed by atoms with van der Waals surface area (Å²) in [5.41, 5.74) is 0. The molecule has 0 spiro atoms. The normalized spacial score (nSPS) is 14.6. The molecule has 0 rings (SSSR count). The smallest absolute Gasteiger partial charge is 0.315 e. The number of carbonyl (C=O) groups excluding carboxylic acids is 2. The molecule has 0 aromatic carbocycles. The monoisotopic (exact) mass is 204 g/mol. The first-order valence-electron chi connectivity index (χ1n) is 4.33. The number of ketones is 1. The maximum atomic E-state index is 11.0. The molecule has 0 aliphatic rings. The predicted octanol–water partition coefficient (Wildman–Crippen LogP) is 0.864. The Balaban J connectivity index is 3.76. The van der Waals surface area contributed by atoms with Gasteiger partial charge in [-0.15, -0.1) is 0 Å². The minimum atomic E-state index is -0.711. The zero-order valence-electron chi connectivity index (χ0n) is 8.90. The van der Waals surface area contributed by atoms with Crippen LogP contribution in [0.4, 0.5) is 0 Å². The van der Waals surface area contributed by atoms with E-state index in [1.54, 1.807) is 13.8 Å². The van der Waals surface area contributed by atoms with Gasteiger partial charge in [0.25, 0.3) is 0 Å². The molecule has 0 aromatic heterocycles. The number of hydrogen-bond acceptors (Lipinski definition) is 5. The van der Waals surface area contributed by atoms with Crippen molar-refractivity contribution in [3.8, 4) is 0 Å². The molecule has 0 aromatic rings. The number of carbonyl (C=O) groups is 2. The third-order valence-electron chi connectivity index (χ3n) is 1.41. The SMILES string of the molecule is COC(C)OC(C)OC(=O)CC(C)=O. The first-order valence-corrected chi connectivity index (χ1v) is 4.33. The van der Waals surface area contributed by atoms with Crippen molar-refractivity contribution >= 4 is 11.8 Å². The van der Waals surface area contributed by atoms with Crippen molar-refractivity contribution in [2.45, 2.75) is 39.8 Å². The molecule has 2 unspecified atom stereocenters. The molecule has 0 N–H and O–H groups in total. The van der Waals surface area contributed by atoms with Gasteiger partial charge in [-0.05, 0) is 20.8 Å². The topological polar surface area (TPSA) is 61.8 Å². The van der Waals surface area contributed by atoms with Crippen molar-refractivity contribution in [1.29, 1.82) is 0 Å². The summed E-state index contributed by atoms with van der Waals surface area (Å²) in [4.78, 5) is 21.5. The lowest BCUT2D eigenvalue weighted by atomic mass is 10.3. The number of rotatable bonds is 6. The van der Waals surface area contributed by atoms with Gasteiger partial charge in [-0.25, -0.2) is 0 Å². The summed E-state index contributed by atoms with van der Waals surface area (Å²) in [6.07, 6.45) is -1.39. The lowest BCUT2D eigenvalue weighted by Gasteiger charge is -2.17. The van der Waals surface area contributed by atoms with Crippen LogP contribution in [0.5, 0.6) is 0 Å². The fourth-order valence-electron chi connectivity index (χ4n) is 0.783. The fourth-order valence-corrected chi connectivity index (χ4v) is 0.783. The number of ether oxygens (including phenoxy) is 3. The van der Waals surface area contributed by atoms with Gasteiger partial charge < -0.3 is 14.2 Å². The summed E-state index contributed by atoms with van der Waals surface area (Å²) in [5, 5.41) is 0. The molecule has 0 radical (unpaired) electrons. The molecule has 14 heavy (non-hydrogen) atoms. The van der Waals surface area contributed by atoms with E-state index in [0.29, 0.717) is 0 Å². The minimum Gasteiger partial charge on any atom is -0.436 e. The van der Waals surface area contributed by atoms with Crippen LogP contribution in [0, 0.1) is 0 Å². The standard InChI is InChI=1S/C9H16O5/c1-6(10)5-9(11)14-8(3)13-7(2)12-4/h7-8H,5H2,1-4H3. The zero-order valence-corrected chi connectivity index (χ0v) is 8.90. The van der Waals surface area contributed by atoms with Crippen LogP contribution in [0.2, 0.25) is 0 Å². The third-order valence-corrected chi connectivity index (χ3v) is 1.41. The summed E-state index contributed by atoms with van der Waals surface area (Å²) >= 11 is 0. The Morgan fingerprint density at radius 1 is 1.21 bits per heavy atom. The Labute approximate surface area is 83.3 Å². The van der Waals surface area contributed by atoms with Crippen LogP contribution in [-0.4, -0.2) is 31.4 Å². The molecule has 0 bridgehead atoms. The van der Waals surface area contributed by atoms with E-state index in [4.69, 9.17) is 14.2 Å². The molecule has 0 heterocycles. The van der Waals surface area contributed by atoms with Crippen LogP contribution >= 0.6 is 0 Å². The van der Waals surface area contributed by atoms with E-state index in [1.807, 2.05) is 0 Å². The first kappa shape index (κ1) is 13.1. The number of Topliss-reactive ketones (excluding diaryl/α,β-unsaturated/α-hetero) is 1. The Kier molecular flexibility index (Phi) is 6.07. The van der Waals surface area contributed by atoms with Crippen LogP contribution < -0.4 is 0 Å². The Bertz CT molecular complexity index is 201. The quantitative estimate of drug-likeness (QED) is 0.365. The van der Waals surface area contributed by atoms with Crippen LogP contribution in [0.25, 0.3) is 0 Å². The second kappa shape index (κ2) is 6.50. The molecular weight excluding hydrogens is 188 g/mol. The number of esters is 1. The zero-order chi connectivity index (χ0) is 11.1. The van der Waals surface area contributed by atoms with Crippen molar-refractivity contribution in [3.63, 3.8) is 0 Å². The highest BCUT2D eigenvalue weighted by atomic mass is 16.8. The van der Waals surface area contributed by atoms with Gasteiger partial charge in [0.1, 0.15) is 12.2 Å². The molecule has 82 valence electrons. The maximum Gasteiger partial charge on any atom is 0.315 e. The van der Waals surface area contributed by atoms with Crippen molar-refractivity contribution in [2.75, 3.05) is 7.11 Å². The number of hydrogen-bond donors (Lipinski definition) is 0. The Hall–Kier alpha value is -0.940. The highest BCUT2D eigenvalue weighted by Gasteiger charge is 2.13. The fraction of sp³-hybridized carbons (Fsp3) is 0.778. The molecule has 0 aliphatic heterocycles. The highest BCUT2D eigenvalue weighted by molar-refractivity contribution is 5.94. The lowest BCUT2D eigenvalue weighted by molar-refractivity contribution is -0.222. The molecular formula is C9H16O5. The largest absolute Gasteiger partial charge is 0.436 e. The van der Waals surface area contributed by atoms with E-state index in [1.165, 1.54) is 14.0 Å². The summed E-state index contributed by atoms with van der Waals surface area (Å²) in [6, 6.07) is 0. The molecule has 5 nitrogen and oxygen atoms in total. The van der Waals surface area contributed by atoms with E-state index < -0.39 is 18.5 Å². The van der Waals surface area contributed by atoms with Gasteiger partial charge in [-0.3, -0.25) is 9.59 Å². The molecule has 2 atom stereocenters. The van der Waals surface area contributed by atoms with E-state index in [-0.39, 0.29) is 12.2 Å². The Morgan fingerprint density at radius 2 is 1.79 bits per heavy atom. The van der Waals surface area contributed by atoms with E-state index in [0.717, 1.165) is 0 Å². The summed E-state index contributed by atoms with van der Waals surface area (Å²) in [5.74, 6) is -0.824. The van der Waals surface area contributed by atoms with Gasteiger partial charge in [0.2, 0.25) is 6.29 Å². The molecule has 0 aliphatic carbocycles. The summed E-state index contributed by atoms with van der Waals surface area (Å²) in [7, 11) is 1.48. The third kappa shape index (κ3) is 6.56. The molecule has 0 saturated heterocycles. The van der Waals surface area contributed by atoms with E-state index in [9.17, 15) is 9.59 Å². The van der Waals surface area contributed by atoms with Crippen molar-refractivity contribution in [2.24, 2.45) is 0 Å². The average Bonchev–Trinajstić information content (AvgIpc) is 2.01. The van der Waals surface area contributed by atoms with Crippen molar-refractivity contribution in [1.82, 2.24) is 0 Å². The van der Waals surface area contributed by atoms with Gasteiger partial charge in [-0.1, -0.05) is 0 Å².